The molecule has 82 valence electrons. The third-order valence-electron chi connectivity index (χ3n) is 1.90. The molecule has 0 aromatic rings. The number of aliphatic hydroxyl groups is 1. The molecule has 0 aliphatic heterocycles. The molecule has 0 heterocycles. The molecule has 2 unspecified atom stereocenters. The Balaban J connectivity index is 4.08. The molecule has 0 rings (SSSR count). The molecule has 0 amide bonds. The van der Waals surface area contributed by atoms with Crippen molar-refractivity contribution in [3.63, 3.8) is 0 Å². The molecule has 2 atom stereocenters. The number of nitrogens with one attached hydrogen (secondary N) is 1. The molecular weight excluding hydrogens is 204 g/mol. The molecule has 2 N–H and O–H groups in total. The van der Waals surface area contributed by atoms with Crippen molar-refractivity contribution in [1.29, 1.82) is 5.26 Å². The van der Waals surface area contributed by atoms with Gasteiger partial charge in [0.15, 0.2) is 5.25 Å². The summed E-state index contributed by atoms with van der Waals surface area (Å²) in [7, 11) is -3.52. The highest BCUT2D eigenvalue weighted by atomic mass is 32.2. The van der Waals surface area contributed by atoms with Crippen LogP contribution in [0.15, 0.2) is 0 Å². The lowest BCUT2D eigenvalue weighted by Gasteiger charge is -2.12. The fraction of sp³-hybridized carbons (Fsp3) is 0.875. The Morgan fingerprint density at radius 1 is 1.50 bits per heavy atom. The summed E-state index contributed by atoms with van der Waals surface area (Å²) < 4.78 is 24.9. The van der Waals surface area contributed by atoms with Crippen LogP contribution in [0.1, 0.15) is 20.3 Å². The first-order valence-corrected chi connectivity index (χ1v) is 5.97. The van der Waals surface area contributed by atoms with Gasteiger partial charge in [-0.2, -0.15) is 5.26 Å². The molecule has 0 saturated carbocycles. The standard InChI is InChI=1S/C8H16N2O3S/c1-7(3-4-11)6-10-14(12,13)8(2)5-9/h7-8,10-11H,3-4,6H2,1-2H3. The highest BCUT2D eigenvalue weighted by Crippen LogP contribution is 2.01. The highest BCUT2D eigenvalue weighted by molar-refractivity contribution is 7.90. The van der Waals surface area contributed by atoms with Crippen molar-refractivity contribution >= 4 is 10.0 Å². The molecule has 0 aromatic heterocycles. The summed E-state index contributed by atoms with van der Waals surface area (Å²) in [5, 5.41) is 16.0. The monoisotopic (exact) mass is 220 g/mol. The normalized spacial score (nSPS) is 15.9. The van der Waals surface area contributed by atoms with Gasteiger partial charge in [-0.15, -0.1) is 0 Å². The van der Waals surface area contributed by atoms with E-state index in [1.165, 1.54) is 6.92 Å². The van der Waals surface area contributed by atoms with Crippen molar-refractivity contribution in [1.82, 2.24) is 4.72 Å². The average molecular weight is 220 g/mol. The first-order chi connectivity index (χ1) is 6.44. The smallest absolute Gasteiger partial charge is 0.227 e. The van der Waals surface area contributed by atoms with Gasteiger partial charge in [0.05, 0.1) is 6.07 Å². The maximum atomic E-state index is 11.3. The Morgan fingerprint density at radius 2 is 2.07 bits per heavy atom. The van der Waals surface area contributed by atoms with Crippen molar-refractivity contribution in [2.75, 3.05) is 13.2 Å². The fourth-order valence-corrected chi connectivity index (χ4v) is 1.68. The minimum Gasteiger partial charge on any atom is -0.396 e. The summed E-state index contributed by atoms with van der Waals surface area (Å²) in [5.41, 5.74) is 0. The zero-order valence-electron chi connectivity index (χ0n) is 8.40. The number of hydrogen-bond donors (Lipinski definition) is 2. The predicted octanol–water partition coefficient (Wildman–Crippen LogP) is -0.164. The molecule has 0 bridgehead atoms. The van der Waals surface area contributed by atoms with Crippen LogP contribution >= 0.6 is 0 Å². The summed E-state index contributed by atoms with van der Waals surface area (Å²) in [6, 6.07) is 1.66. The third-order valence-corrected chi connectivity index (χ3v) is 3.51. The third kappa shape index (κ3) is 4.56. The van der Waals surface area contributed by atoms with Gasteiger partial charge in [0.2, 0.25) is 10.0 Å². The van der Waals surface area contributed by atoms with Gasteiger partial charge in [0.1, 0.15) is 0 Å². The van der Waals surface area contributed by atoms with E-state index in [1.807, 2.05) is 6.92 Å². The summed E-state index contributed by atoms with van der Waals surface area (Å²) in [5.74, 6) is 0.0701. The van der Waals surface area contributed by atoms with E-state index >= 15 is 0 Å². The second-order valence-electron chi connectivity index (χ2n) is 3.28. The van der Waals surface area contributed by atoms with E-state index in [1.54, 1.807) is 6.07 Å². The van der Waals surface area contributed by atoms with E-state index in [2.05, 4.69) is 4.72 Å². The Hall–Kier alpha value is -0.640. The number of nitrogens with zero attached hydrogens (tertiary/aromatic N) is 1. The minimum absolute atomic E-state index is 0.0384. The maximum Gasteiger partial charge on any atom is 0.227 e. The molecule has 5 nitrogen and oxygen atoms in total. The average Bonchev–Trinajstić information content (AvgIpc) is 2.14. The van der Waals surface area contributed by atoms with Crippen molar-refractivity contribution in [3.05, 3.63) is 0 Å². The zero-order chi connectivity index (χ0) is 11.2. The van der Waals surface area contributed by atoms with E-state index in [-0.39, 0.29) is 19.1 Å². The molecule has 0 saturated heterocycles. The minimum atomic E-state index is -3.52. The Kier molecular flexibility index (Phi) is 5.69. The van der Waals surface area contributed by atoms with Crippen LogP contribution in [-0.4, -0.2) is 31.9 Å². The molecule has 0 aromatic carbocycles. The summed E-state index contributed by atoms with van der Waals surface area (Å²) in [6.07, 6.45) is 0.545. The van der Waals surface area contributed by atoms with E-state index in [0.29, 0.717) is 6.42 Å². The number of rotatable bonds is 6. The van der Waals surface area contributed by atoms with Gasteiger partial charge in [-0.05, 0) is 19.3 Å². The fourth-order valence-electron chi connectivity index (χ4n) is 0.775. The highest BCUT2D eigenvalue weighted by Gasteiger charge is 2.19. The second kappa shape index (κ2) is 5.96. The quantitative estimate of drug-likeness (QED) is 0.650. The molecule has 6 heteroatoms. The Morgan fingerprint density at radius 3 is 2.50 bits per heavy atom. The molecule has 0 spiro atoms. The van der Waals surface area contributed by atoms with Gasteiger partial charge < -0.3 is 5.11 Å². The van der Waals surface area contributed by atoms with Crippen LogP contribution in [0.3, 0.4) is 0 Å². The molecule has 14 heavy (non-hydrogen) atoms. The maximum absolute atomic E-state index is 11.3. The van der Waals surface area contributed by atoms with Gasteiger partial charge in [-0.3, -0.25) is 0 Å². The lowest BCUT2D eigenvalue weighted by molar-refractivity contribution is 0.263. The molecule has 0 fully saturated rings. The zero-order valence-corrected chi connectivity index (χ0v) is 9.21. The van der Waals surface area contributed by atoms with E-state index in [0.717, 1.165) is 0 Å². The van der Waals surface area contributed by atoms with Gasteiger partial charge in [-0.25, -0.2) is 13.1 Å². The largest absolute Gasteiger partial charge is 0.396 e. The summed E-state index contributed by atoms with van der Waals surface area (Å²) in [6.45, 7) is 3.46. The first-order valence-electron chi connectivity index (χ1n) is 4.43. The van der Waals surface area contributed by atoms with Crippen molar-refractivity contribution < 1.29 is 13.5 Å². The lowest BCUT2D eigenvalue weighted by atomic mass is 10.1. The lowest BCUT2D eigenvalue weighted by Crippen LogP contribution is -2.34. The topological polar surface area (TPSA) is 90.2 Å². The van der Waals surface area contributed by atoms with E-state index in [4.69, 9.17) is 10.4 Å². The second-order valence-corrected chi connectivity index (χ2v) is 5.37. The van der Waals surface area contributed by atoms with Crippen molar-refractivity contribution in [3.8, 4) is 6.07 Å². The first kappa shape index (κ1) is 13.4. The van der Waals surface area contributed by atoms with Crippen molar-refractivity contribution in [2.45, 2.75) is 25.5 Å². The van der Waals surface area contributed by atoms with Crippen LogP contribution in [0, 0.1) is 17.2 Å². The van der Waals surface area contributed by atoms with Gasteiger partial charge in [-0.1, -0.05) is 6.92 Å². The summed E-state index contributed by atoms with van der Waals surface area (Å²) in [4.78, 5) is 0. The van der Waals surface area contributed by atoms with E-state index in [9.17, 15) is 8.42 Å². The van der Waals surface area contributed by atoms with Crippen LogP contribution in [0.4, 0.5) is 0 Å². The molecular formula is C8H16N2O3S. The molecule has 0 radical (unpaired) electrons. The Bertz CT molecular complexity index is 294. The van der Waals surface area contributed by atoms with Crippen LogP contribution in [0.25, 0.3) is 0 Å². The number of hydrogen-bond acceptors (Lipinski definition) is 4. The molecule has 0 aliphatic rings. The van der Waals surface area contributed by atoms with Gasteiger partial charge >= 0.3 is 0 Å². The summed E-state index contributed by atoms with van der Waals surface area (Å²) >= 11 is 0. The van der Waals surface area contributed by atoms with Crippen LogP contribution in [0.5, 0.6) is 0 Å². The van der Waals surface area contributed by atoms with Crippen LogP contribution < -0.4 is 4.72 Å². The van der Waals surface area contributed by atoms with Crippen molar-refractivity contribution in [2.24, 2.45) is 5.92 Å². The number of nitriles is 1. The SMILES string of the molecule is CC(CCO)CNS(=O)(=O)C(C)C#N. The number of sulfonamides is 1. The number of aliphatic hydroxyl groups excluding tert-OH is 1. The molecule has 0 aliphatic carbocycles. The van der Waals surface area contributed by atoms with E-state index < -0.39 is 15.3 Å². The van der Waals surface area contributed by atoms with Crippen LogP contribution in [0.2, 0.25) is 0 Å². The Labute approximate surface area is 84.8 Å². The predicted molar refractivity (Wildman–Crippen MR) is 52.9 cm³/mol. The van der Waals surface area contributed by atoms with Crippen LogP contribution in [-0.2, 0) is 10.0 Å². The van der Waals surface area contributed by atoms with Gasteiger partial charge in [0, 0.05) is 13.2 Å². The van der Waals surface area contributed by atoms with Gasteiger partial charge in [0.25, 0.3) is 0 Å².